The van der Waals surface area contributed by atoms with Crippen LogP contribution >= 0.6 is 0 Å². The predicted molar refractivity (Wildman–Crippen MR) is 76.1 cm³/mol. The van der Waals surface area contributed by atoms with Crippen molar-refractivity contribution < 1.29 is 0 Å². The number of nitrogens with one attached hydrogen (secondary N) is 1. The summed E-state index contributed by atoms with van der Waals surface area (Å²) in [5.74, 6) is 0.779. The van der Waals surface area contributed by atoms with E-state index in [1.807, 2.05) is 37.3 Å². The van der Waals surface area contributed by atoms with Crippen molar-refractivity contribution in [3.8, 4) is 22.9 Å². The number of hydrogen-bond acceptors (Lipinski definition) is 4. The van der Waals surface area contributed by atoms with Crippen molar-refractivity contribution in [1.29, 1.82) is 0 Å². The van der Waals surface area contributed by atoms with Crippen molar-refractivity contribution in [3.63, 3.8) is 0 Å². The van der Waals surface area contributed by atoms with Crippen molar-refractivity contribution in [2.24, 2.45) is 0 Å². The van der Waals surface area contributed by atoms with E-state index in [1.165, 1.54) is 6.07 Å². The molecule has 0 unspecified atom stereocenters. The second-order valence-corrected chi connectivity index (χ2v) is 4.43. The van der Waals surface area contributed by atoms with Gasteiger partial charge in [-0.2, -0.15) is 0 Å². The van der Waals surface area contributed by atoms with E-state index in [0.717, 1.165) is 11.1 Å². The molecule has 0 aliphatic rings. The summed E-state index contributed by atoms with van der Waals surface area (Å²) in [6.45, 7) is 1.90. The summed E-state index contributed by atoms with van der Waals surface area (Å²) in [4.78, 5) is 27.2. The summed E-state index contributed by atoms with van der Waals surface area (Å²) in [7, 11) is 0. The van der Waals surface area contributed by atoms with Crippen LogP contribution in [-0.4, -0.2) is 19.9 Å². The standard InChI is InChI=1S/C15H12N4O/c1-10-8-16-14(17-9-10)15-18-12(7-13(20)19-15)11-5-3-2-4-6-11/h2-9H,1H3,(H,18,19,20). The molecule has 2 aromatic heterocycles. The highest BCUT2D eigenvalue weighted by Gasteiger charge is 2.07. The molecule has 0 atom stereocenters. The number of H-pyrrole nitrogens is 1. The molecule has 3 rings (SSSR count). The highest BCUT2D eigenvalue weighted by Crippen LogP contribution is 2.16. The summed E-state index contributed by atoms with van der Waals surface area (Å²) in [5.41, 5.74) is 2.22. The van der Waals surface area contributed by atoms with E-state index in [1.54, 1.807) is 12.4 Å². The van der Waals surface area contributed by atoms with Crippen LogP contribution in [0.25, 0.3) is 22.9 Å². The lowest BCUT2D eigenvalue weighted by molar-refractivity contribution is 1.05. The Morgan fingerprint density at radius 1 is 1.05 bits per heavy atom. The molecule has 0 bridgehead atoms. The zero-order valence-corrected chi connectivity index (χ0v) is 10.9. The highest BCUT2D eigenvalue weighted by molar-refractivity contribution is 5.60. The number of aryl methyl sites for hydroxylation is 1. The van der Waals surface area contributed by atoms with Gasteiger partial charge in [0.2, 0.25) is 0 Å². The Morgan fingerprint density at radius 2 is 1.75 bits per heavy atom. The lowest BCUT2D eigenvalue weighted by atomic mass is 10.1. The van der Waals surface area contributed by atoms with Gasteiger partial charge < -0.3 is 4.98 Å². The van der Waals surface area contributed by atoms with Crippen LogP contribution in [0.15, 0.2) is 53.6 Å². The minimum absolute atomic E-state index is 0.224. The van der Waals surface area contributed by atoms with Gasteiger partial charge >= 0.3 is 0 Å². The number of aromatic amines is 1. The van der Waals surface area contributed by atoms with Gasteiger partial charge in [-0.3, -0.25) is 4.79 Å². The molecule has 20 heavy (non-hydrogen) atoms. The number of rotatable bonds is 2. The van der Waals surface area contributed by atoms with Crippen LogP contribution < -0.4 is 5.56 Å². The van der Waals surface area contributed by atoms with Crippen molar-refractivity contribution in [2.45, 2.75) is 6.92 Å². The largest absolute Gasteiger partial charge is 0.304 e. The summed E-state index contributed by atoms with van der Waals surface area (Å²) in [6.07, 6.45) is 3.38. The molecule has 1 N–H and O–H groups in total. The Kier molecular flexibility index (Phi) is 3.09. The third kappa shape index (κ3) is 2.47. The van der Waals surface area contributed by atoms with Gasteiger partial charge in [0.1, 0.15) is 0 Å². The third-order valence-corrected chi connectivity index (χ3v) is 2.80. The molecule has 3 aromatic rings. The summed E-state index contributed by atoms with van der Waals surface area (Å²) in [5, 5.41) is 0. The molecule has 0 spiro atoms. The first-order valence-electron chi connectivity index (χ1n) is 6.18. The maximum Gasteiger partial charge on any atom is 0.251 e. The van der Waals surface area contributed by atoms with E-state index in [-0.39, 0.29) is 5.56 Å². The van der Waals surface area contributed by atoms with Crippen LogP contribution in [-0.2, 0) is 0 Å². The molecule has 2 heterocycles. The monoisotopic (exact) mass is 264 g/mol. The second-order valence-electron chi connectivity index (χ2n) is 4.43. The van der Waals surface area contributed by atoms with Crippen molar-refractivity contribution in [3.05, 3.63) is 64.7 Å². The number of benzene rings is 1. The first-order chi connectivity index (χ1) is 9.72. The minimum atomic E-state index is -0.224. The van der Waals surface area contributed by atoms with Crippen molar-refractivity contribution >= 4 is 0 Å². The predicted octanol–water partition coefficient (Wildman–Crippen LogP) is 2.20. The lowest BCUT2D eigenvalue weighted by Crippen LogP contribution is -2.09. The summed E-state index contributed by atoms with van der Waals surface area (Å²) < 4.78 is 0. The van der Waals surface area contributed by atoms with Gasteiger partial charge in [-0.05, 0) is 12.5 Å². The molecule has 0 radical (unpaired) electrons. The molecule has 0 aliphatic carbocycles. The van der Waals surface area contributed by atoms with Gasteiger partial charge in [0, 0.05) is 24.0 Å². The Labute approximate surface area is 115 Å². The number of nitrogens with zero attached hydrogens (tertiary/aromatic N) is 3. The Bertz CT molecular complexity index is 779. The molecule has 1 aromatic carbocycles. The third-order valence-electron chi connectivity index (χ3n) is 2.80. The van der Waals surface area contributed by atoms with Gasteiger partial charge in [-0.1, -0.05) is 30.3 Å². The molecule has 0 saturated carbocycles. The van der Waals surface area contributed by atoms with E-state index < -0.39 is 0 Å². The minimum Gasteiger partial charge on any atom is -0.304 e. The molecule has 0 amide bonds. The average Bonchev–Trinajstić information content (AvgIpc) is 2.48. The SMILES string of the molecule is Cc1cnc(-c2nc(-c3ccccc3)cc(=O)[nH]2)nc1. The second kappa shape index (κ2) is 5.05. The molecule has 5 heteroatoms. The summed E-state index contributed by atoms with van der Waals surface area (Å²) >= 11 is 0. The van der Waals surface area contributed by atoms with Gasteiger partial charge in [0.25, 0.3) is 5.56 Å². The number of aromatic nitrogens is 4. The van der Waals surface area contributed by atoms with Crippen LogP contribution in [0.3, 0.4) is 0 Å². The van der Waals surface area contributed by atoms with E-state index in [9.17, 15) is 4.79 Å². The molecule has 0 fully saturated rings. The molecule has 0 aliphatic heterocycles. The Hall–Kier alpha value is -2.82. The highest BCUT2D eigenvalue weighted by atomic mass is 16.1. The van der Waals surface area contributed by atoms with Gasteiger partial charge in [-0.25, -0.2) is 15.0 Å². The Morgan fingerprint density at radius 3 is 2.45 bits per heavy atom. The van der Waals surface area contributed by atoms with E-state index in [0.29, 0.717) is 17.3 Å². The normalized spacial score (nSPS) is 10.4. The fourth-order valence-corrected chi connectivity index (χ4v) is 1.84. The van der Waals surface area contributed by atoms with Crippen LogP contribution in [0.1, 0.15) is 5.56 Å². The molecule has 5 nitrogen and oxygen atoms in total. The molecule has 0 saturated heterocycles. The maximum absolute atomic E-state index is 11.8. The molecule has 98 valence electrons. The zero-order chi connectivity index (χ0) is 13.9. The zero-order valence-electron chi connectivity index (χ0n) is 10.9. The first kappa shape index (κ1) is 12.2. The Balaban J connectivity index is 2.12. The summed E-state index contributed by atoms with van der Waals surface area (Å²) in [6, 6.07) is 11.0. The van der Waals surface area contributed by atoms with Gasteiger partial charge in [0.05, 0.1) is 5.69 Å². The van der Waals surface area contributed by atoms with Crippen LogP contribution in [0.2, 0.25) is 0 Å². The van der Waals surface area contributed by atoms with Crippen molar-refractivity contribution in [1.82, 2.24) is 19.9 Å². The topological polar surface area (TPSA) is 71.5 Å². The smallest absolute Gasteiger partial charge is 0.251 e. The van der Waals surface area contributed by atoms with E-state index in [2.05, 4.69) is 19.9 Å². The van der Waals surface area contributed by atoms with Crippen LogP contribution in [0.4, 0.5) is 0 Å². The first-order valence-corrected chi connectivity index (χ1v) is 6.18. The fraction of sp³-hybridized carbons (Fsp3) is 0.0667. The van der Waals surface area contributed by atoms with E-state index in [4.69, 9.17) is 0 Å². The van der Waals surface area contributed by atoms with Crippen molar-refractivity contribution in [2.75, 3.05) is 0 Å². The van der Waals surface area contributed by atoms with Crippen LogP contribution in [0.5, 0.6) is 0 Å². The quantitative estimate of drug-likeness (QED) is 0.770. The van der Waals surface area contributed by atoms with Gasteiger partial charge in [-0.15, -0.1) is 0 Å². The van der Waals surface area contributed by atoms with E-state index >= 15 is 0 Å². The van der Waals surface area contributed by atoms with Crippen LogP contribution in [0, 0.1) is 6.92 Å². The lowest BCUT2D eigenvalue weighted by Gasteiger charge is -2.03. The molecular formula is C15H12N4O. The number of hydrogen-bond donors (Lipinski definition) is 1. The average molecular weight is 264 g/mol. The molecular weight excluding hydrogens is 252 g/mol. The maximum atomic E-state index is 11.8. The fourth-order valence-electron chi connectivity index (χ4n) is 1.84. The van der Waals surface area contributed by atoms with Gasteiger partial charge in [0.15, 0.2) is 11.6 Å².